The Balaban J connectivity index is 1.38. The first-order valence-electron chi connectivity index (χ1n) is 10.3. The SMILES string of the molecule is O=CCNC(=O)CNC(=O)CNC(=O)CNC(=O)OCC1c2ccccc2-c2ccccc21. The summed E-state index contributed by atoms with van der Waals surface area (Å²) >= 11 is 0. The summed E-state index contributed by atoms with van der Waals surface area (Å²) in [6, 6.07) is 15.9. The van der Waals surface area contributed by atoms with Crippen LogP contribution in [-0.2, 0) is 23.9 Å². The van der Waals surface area contributed by atoms with Crippen molar-refractivity contribution in [1.82, 2.24) is 21.3 Å². The predicted molar refractivity (Wildman–Crippen MR) is 118 cm³/mol. The van der Waals surface area contributed by atoms with Gasteiger partial charge in [0.05, 0.1) is 19.6 Å². The average Bonchev–Trinajstić information content (AvgIpc) is 3.16. The highest BCUT2D eigenvalue weighted by atomic mass is 16.5. The van der Waals surface area contributed by atoms with E-state index in [4.69, 9.17) is 4.74 Å². The monoisotopic (exact) mass is 452 g/mol. The van der Waals surface area contributed by atoms with Crippen molar-refractivity contribution in [3.8, 4) is 11.1 Å². The maximum atomic E-state index is 12.1. The second-order valence-electron chi connectivity index (χ2n) is 7.20. The van der Waals surface area contributed by atoms with Crippen LogP contribution < -0.4 is 21.3 Å². The van der Waals surface area contributed by atoms with Gasteiger partial charge in [0.1, 0.15) is 19.4 Å². The highest BCUT2D eigenvalue weighted by molar-refractivity contribution is 5.89. The number of amides is 4. The van der Waals surface area contributed by atoms with Crippen molar-refractivity contribution in [2.45, 2.75) is 5.92 Å². The fourth-order valence-corrected chi connectivity index (χ4v) is 3.50. The van der Waals surface area contributed by atoms with Crippen molar-refractivity contribution in [1.29, 1.82) is 0 Å². The van der Waals surface area contributed by atoms with E-state index >= 15 is 0 Å². The van der Waals surface area contributed by atoms with Gasteiger partial charge in [0.2, 0.25) is 17.7 Å². The molecule has 4 N–H and O–H groups in total. The van der Waals surface area contributed by atoms with Crippen LogP contribution >= 0.6 is 0 Å². The average molecular weight is 452 g/mol. The van der Waals surface area contributed by atoms with Crippen LogP contribution in [0.25, 0.3) is 11.1 Å². The molecular formula is C23H24N4O6. The quantitative estimate of drug-likeness (QED) is 0.376. The van der Waals surface area contributed by atoms with Crippen LogP contribution in [0.5, 0.6) is 0 Å². The molecule has 10 heteroatoms. The molecular weight excluding hydrogens is 428 g/mol. The fraction of sp³-hybridized carbons (Fsp3) is 0.261. The molecule has 10 nitrogen and oxygen atoms in total. The van der Waals surface area contributed by atoms with E-state index in [1.807, 2.05) is 48.5 Å². The molecule has 0 heterocycles. The zero-order chi connectivity index (χ0) is 23.6. The molecule has 0 aliphatic heterocycles. The van der Waals surface area contributed by atoms with E-state index in [1.54, 1.807) is 0 Å². The normalized spacial score (nSPS) is 11.5. The molecule has 2 aromatic carbocycles. The summed E-state index contributed by atoms with van der Waals surface area (Å²) in [6.45, 7) is -1.08. The van der Waals surface area contributed by atoms with E-state index in [0.717, 1.165) is 22.3 Å². The molecule has 0 spiro atoms. The van der Waals surface area contributed by atoms with Crippen LogP contribution in [0, 0.1) is 0 Å². The highest BCUT2D eigenvalue weighted by Crippen LogP contribution is 2.44. The molecule has 0 saturated heterocycles. The minimum Gasteiger partial charge on any atom is -0.449 e. The molecule has 33 heavy (non-hydrogen) atoms. The molecule has 3 rings (SSSR count). The number of alkyl carbamates (subject to hydrolysis) is 1. The molecule has 0 bridgehead atoms. The van der Waals surface area contributed by atoms with Crippen molar-refractivity contribution >= 4 is 30.1 Å². The van der Waals surface area contributed by atoms with Gasteiger partial charge in [-0.15, -0.1) is 0 Å². The molecule has 0 fully saturated rings. The van der Waals surface area contributed by atoms with Crippen LogP contribution in [0.4, 0.5) is 4.79 Å². The maximum Gasteiger partial charge on any atom is 0.407 e. The Labute approximate surface area is 190 Å². The summed E-state index contributed by atoms with van der Waals surface area (Å²) in [5.74, 6) is -1.81. The molecule has 2 aromatic rings. The Morgan fingerprint density at radius 1 is 0.727 bits per heavy atom. The number of aldehydes is 1. The van der Waals surface area contributed by atoms with Crippen molar-refractivity contribution < 1.29 is 28.7 Å². The number of fused-ring (bicyclic) bond motifs is 3. The van der Waals surface area contributed by atoms with Gasteiger partial charge in [-0.05, 0) is 22.3 Å². The largest absolute Gasteiger partial charge is 0.449 e. The van der Waals surface area contributed by atoms with E-state index in [9.17, 15) is 24.0 Å². The van der Waals surface area contributed by atoms with Gasteiger partial charge in [-0.2, -0.15) is 0 Å². The molecule has 172 valence electrons. The molecule has 0 unspecified atom stereocenters. The highest BCUT2D eigenvalue weighted by Gasteiger charge is 2.29. The van der Waals surface area contributed by atoms with E-state index in [-0.39, 0.29) is 38.7 Å². The Hall–Kier alpha value is -4.21. The Bertz CT molecular complexity index is 1010. The maximum absolute atomic E-state index is 12.1. The van der Waals surface area contributed by atoms with Crippen molar-refractivity contribution in [3.63, 3.8) is 0 Å². The Kier molecular flexibility index (Phi) is 8.12. The van der Waals surface area contributed by atoms with Gasteiger partial charge < -0.3 is 30.8 Å². The lowest BCUT2D eigenvalue weighted by Crippen LogP contribution is -2.44. The Morgan fingerprint density at radius 3 is 1.76 bits per heavy atom. The number of hydrogen-bond acceptors (Lipinski definition) is 6. The van der Waals surface area contributed by atoms with Gasteiger partial charge >= 0.3 is 6.09 Å². The van der Waals surface area contributed by atoms with Crippen molar-refractivity contribution in [2.24, 2.45) is 0 Å². The molecule has 4 amide bonds. The van der Waals surface area contributed by atoms with Gasteiger partial charge in [0.25, 0.3) is 0 Å². The van der Waals surface area contributed by atoms with Crippen LogP contribution in [0.3, 0.4) is 0 Å². The predicted octanol–water partition coefficient (Wildman–Crippen LogP) is 0.0726. The Morgan fingerprint density at radius 2 is 1.21 bits per heavy atom. The summed E-state index contributed by atoms with van der Waals surface area (Å²) in [6.07, 6.45) is -0.230. The first-order chi connectivity index (χ1) is 16.0. The van der Waals surface area contributed by atoms with Crippen molar-refractivity contribution in [2.75, 3.05) is 32.8 Å². The number of carbonyl (C=O) groups excluding carboxylic acids is 5. The van der Waals surface area contributed by atoms with Crippen LogP contribution in [-0.4, -0.2) is 62.9 Å². The molecule has 0 radical (unpaired) electrons. The van der Waals surface area contributed by atoms with E-state index in [2.05, 4.69) is 21.3 Å². The third-order valence-electron chi connectivity index (χ3n) is 5.01. The lowest BCUT2D eigenvalue weighted by molar-refractivity contribution is -0.127. The second-order valence-corrected chi connectivity index (χ2v) is 7.20. The second kappa shape index (κ2) is 11.4. The van der Waals surface area contributed by atoms with Crippen LogP contribution in [0.1, 0.15) is 17.0 Å². The smallest absolute Gasteiger partial charge is 0.407 e. The fourth-order valence-electron chi connectivity index (χ4n) is 3.50. The standard InChI is InChI=1S/C23H24N4O6/c28-10-9-24-20(29)11-25-21(30)12-26-22(31)13-27-23(32)33-14-19-17-7-3-1-5-15(17)16-6-2-4-8-18(16)19/h1-8,10,19H,9,11-14H2,(H,24,29)(H,25,30)(H,26,31)(H,27,32). The number of benzene rings is 2. The van der Waals surface area contributed by atoms with Gasteiger partial charge in [-0.1, -0.05) is 48.5 Å². The lowest BCUT2D eigenvalue weighted by atomic mass is 9.98. The van der Waals surface area contributed by atoms with E-state index < -0.39 is 23.8 Å². The van der Waals surface area contributed by atoms with Crippen LogP contribution in [0.2, 0.25) is 0 Å². The number of nitrogens with one attached hydrogen (secondary N) is 4. The summed E-state index contributed by atoms with van der Waals surface area (Å²) in [5.41, 5.74) is 4.38. The summed E-state index contributed by atoms with van der Waals surface area (Å²) in [5, 5.41) is 9.21. The van der Waals surface area contributed by atoms with Crippen LogP contribution in [0.15, 0.2) is 48.5 Å². The zero-order valence-electron chi connectivity index (χ0n) is 17.8. The van der Waals surface area contributed by atoms with Gasteiger partial charge in [-0.25, -0.2) is 4.79 Å². The molecule has 0 aromatic heterocycles. The van der Waals surface area contributed by atoms with E-state index in [1.165, 1.54) is 0 Å². The topological polar surface area (TPSA) is 143 Å². The summed E-state index contributed by atoms with van der Waals surface area (Å²) < 4.78 is 5.33. The molecule has 0 atom stereocenters. The van der Waals surface area contributed by atoms with E-state index in [0.29, 0.717) is 6.29 Å². The van der Waals surface area contributed by atoms with Gasteiger partial charge in [0.15, 0.2) is 0 Å². The molecule has 0 saturated carbocycles. The van der Waals surface area contributed by atoms with Gasteiger partial charge in [0, 0.05) is 5.92 Å². The third kappa shape index (κ3) is 6.39. The number of ether oxygens (including phenoxy) is 1. The van der Waals surface area contributed by atoms with Crippen molar-refractivity contribution in [3.05, 3.63) is 59.7 Å². The number of hydrogen-bond donors (Lipinski definition) is 4. The number of carbonyl (C=O) groups is 5. The molecule has 1 aliphatic carbocycles. The zero-order valence-corrected chi connectivity index (χ0v) is 17.8. The minimum absolute atomic E-state index is 0.0931. The lowest BCUT2D eigenvalue weighted by Gasteiger charge is -2.14. The van der Waals surface area contributed by atoms with Gasteiger partial charge in [-0.3, -0.25) is 14.4 Å². The minimum atomic E-state index is -0.747. The summed E-state index contributed by atoms with van der Waals surface area (Å²) in [4.78, 5) is 57.0. The number of rotatable bonds is 10. The molecule has 1 aliphatic rings. The first-order valence-corrected chi connectivity index (χ1v) is 10.3. The summed E-state index contributed by atoms with van der Waals surface area (Å²) in [7, 11) is 0. The first kappa shape index (κ1) is 23.5. The third-order valence-corrected chi connectivity index (χ3v) is 5.01.